The van der Waals surface area contributed by atoms with Crippen molar-refractivity contribution in [3.05, 3.63) is 23.5 Å². The molecule has 0 fully saturated rings. The fourth-order valence-electron chi connectivity index (χ4n) is 1.90. The smallest absolute Gasteiger partial charge is 0.164 e. The Morgan fingerprint density at radius 2 is 1.88 bits per heavy atom. The number of aromatic amines is 1. The number of ketones is 1. The standard InChI is InChI=1S/C14H23NO/c1-3-5-7-8-12-10-15-11-13(12)14(16)9-6-4-2/h10-11,15H,3-9H2,1-2H3. The molecule has 1 aromatic rings. The highest BCUT2D eigenvalue weighted by atomic mass is 16.1. The number of carbonyl (C=O) groups excluding carboxylic acids is 1. The van der Waals surface area contributed by atoms with Crippen molar-refractivity contribution >= 4 is 5.78 Å². The van der Waals surface area contributed by atoms with E-state index in [2.05, 4.69) is 18.8 Å². The molecule has 16 heavy (non-hydrogen) atoms. The highest BCUT2D eigenvalue weighted by Gasteiger charge is 2.11. The summed E-state index contributed by atoms with van der Waals surface area (Å²) in [6.45, 7) is 4.32. The van der Waals surface area contributed by atoms with Crippen LogP contribution in [0.2, 0.25) is 0 Å². The molecule has 0 saturated carbocycles. The van der Waals surface area contributed by atoms with Crippen molar-refractivity contribution in [1.29, 1.82) is 0 Å². The first kappa shape index (κ1) is 13.0. The first-order valence-electron chi connectivity index (χ1n) is 6.48. The van der Waals surface area contributed by atoms with Crippen molar-refractivity contribution in [2.45, 2.75) is 58.8 Å². The van der Waals surface area contributed by atoms with Gasteiger partial charge in [-0.3, -0.25) is 4.79 Å². The minimum atomic E-state index is 0.301. The third kappa shape index (κ3) is 3.84. The van der Waals surface area contributed by atoms with Crippen LogP contribution in [0, 0.1) is 0 Å². The van der Waals surface area contributed by atoms with E-state index in [1.165, 1.54) is 24.8 Å². The Kier molecular flexibility index (Phi) is 5.91. The molecule has 90 valence electrons. The normalized spacial score (nSPS) is 10.6. The number of unbranched alkanes of at least 4 members (excludes halogenated alkanes) is 3. The second-order valence-corrected chi connectivity index (χ2v) is 4.38. The van der Waals surface area contributed by atoms with E-state index in [1.54, 1.807) is 0 Å². The van der Waals surface area contributed by atoms with E-state index < -0.39 is 0 Å². The summed E-state index contributed by atoms with van der Waals surface area (Å²) in [5, 5.41) is 0. The fourth-order valence-corrected chi connectivity index (χ4v) is 1.90. The van der Waals surface area contributed by atoms with Crippen molar-refractivity contribution in [2.24, 2.45) is 0 Å². The van der Waals surface area contributed by atoms with E-state index in [0.717, 1.165) is 24.8 Å². The van der Waals surface area contributed by atoms with Crippen LogP contribution < -0.4 is 0 Å². The van der Waals surface area contributed by atoms with Crippen molar-refractivity contribution < 1.29 is 4.79 Å². The lowest BCUT2D eigenvalue weighted by Gasteiger charge is -2.02. The van der Waals surface area contributed by atoms with Gasteiger partial charge >= 0.3 is 0 Å². The van der Waals surface area contributed by atoms with Gasteiger partial charge in [-0.05, 0) is 24.8 Å². The molecule has 0 bridgehead atoms. The molecule has 1 rings (SSSR count). The predicted octanol–water partition coefficient (Wildman–Crippen LogP) is 4.12. The summed E-state index contributed by atoms with van der Waals surface area (Å²) in [4.78, 5) is 15.0. The van der Waals surface area contributed by atoms with Gasteiger partial charge in [0.15, 0.2) is 5.78 Å². The zero-order valence-corrected chi connectivity index (χ0v) is 10.5. The molecule has 0 radical (unpaired) electrons. The minimum absolute atomic E-state index is 0.301. The molecule has 1 heterocycles. The Morgan fingerprint density at radius 1 is 1.12 bits per heavy atom. The van der Waals surface area contributed by atoms with Crippen molar-refractivity contribution in [1.82, 2.24) is 4.98 Å². The Hall–Kier alpha value is -1.05. The lowest BCUT2D eigenvalue weighted by molar-refractivity contribution is 0.0979. The maximum absolute atomic E-state index is 11.9. The third-order valence-electron chi connectivity index (χ3n) is 2.94. The van der Waals surface area contributed by atoms with Gasteiger partial charge in [0.25, 0.3) is 0 Å². The molecule has 0 amide bonds. The number of Topliss-reactive ketones (excluding diaryl/α,β-unsaturated/α-hetero) is 1. The number of hydrogen-bond donors (Lipinski definition) is 1. The van der Waals surface area contributed by atoms with Gasteiger partial charge in [0, 0.05) is 24.4 Å². The van der Waals surface area contributed by atoms with Gasteiger partial charge in [0.2, 0.25) is 0 Å². The van der Waals surface area contributed by atoms with Crippen LogP contribution in [0.1, 0.15) is 68.3 Å². The summed E-state index contributed by atoms with van der Waals surface area (Å²) < 4.78 is 0. The van der Waals surface area contributed by atoms with Crippen LogP contribution >= 0.6 is 0 Å². The highest BCUT2D eigenvalue weighted by molar-refractivity contribution is 5.97. The minimum Gasteiger partial charge on any atom is -0.367 e. The largest absolute Gasteiger partial charge is 0.367 e. The molecule has 0 saturated heterocycles. The van der Waals surface area contributed by atoms with Gasteiger partial charge in [-0.25, -0.2) is 0 Å². The van der Waals surface area contributed by atoms with E-state index in [9.17, 15) is 4.79 Å². The number of carbonyl (C=O) groups is 1. The van der Waals surface area contributed by atoms with Crippen LogP contribution in [0.25, 0.3) is 0 Å². The Balaban J connectivity index is 2.52. The SMILES string of the molecule is CCCCCc1c[nH]cc1C(=O)CCCC. The average molecular weight is 221 g/mol. The molecule has 0 aliphatic heterocycles. The lowest BCUT2D eigenvalue weighted by atomic mass is 10.0. The van der Waals surface area contributed by atoms with E-state index in [4.69, 9.17) is 0 Å². The second kappa shape index (κ2) is 7.26. The molecule has 0 aromatic carbocycles. The van der Waals surface area contributed by atoms with Crippen molar-refractivity contribution in [3.63, 3.8) is 0 Å². The number of nitrogens with one attached hydrogen (secondary N) is 1. The lowest BCUT2D eigenvalue weighted by Crippen LogP contribution is -2.01. The van der Waals surface area contributed by atoms with Crippen LogP contribution in [0.15, 0.2) is 12.4 Å². The summed E-state index contributed by atoms with van der Waals surface area (Å²) in [7, 11) is 0. The quantitative estimate of drug-likeness (QED) is 0.520. The Bertz CT molecular complexity index is 314. The summed E-state index contributed by atoms with van der Waals surface area (Å²) in [5.41, 5.74) is 2.12. The maximum atomic E-state index is 11.9. The van der Waals surface area contributed by atoms with Crippen LogP contribution in [0.3, 0.4) is 0 Å². The van der Waals surface area contributed by atoms with Crippen LogP contribution in [-0.2, 0) is 6.42 Å². The molecular formula is C14H23NO. The number of rotatable bonds is 8. The summed E-state index contributed by atoms with van der Waals surface area (Å²) in [6.07, 6.45) is 11.3. The zero-order chi connectivity index (χ0) is 11.8. The molecule has 0 aliphatic rings. The van der Waals surface area contributed by atoms with E-state index in [0.29, 0.717) is 12.2 Å². The van der Waals surface area contributed by atoms with Crippen molar-refractivity contribution in [3.8, 4) is 0 Å². The average Bonchev–Trinajstić information content (AvgIpc) is 2.74. The fraction of sp³-hybridized carbons (Fsp3) is 0.643. The molecule has 2 nitrogen and oxygen atoms in total. The second-order valence-electron chi connectivity index (χ2n) is 4.38. The van der Waals surface area contributed by atoms with Gasteiger partial charge in [0.1, 0.15) is 0 Å². The molecule has 0 aliphatic carbocycles. The monoisotopic (exact) mass is 221 g/mol. The first-order chi connectivity index (χ1) is 7.79. The highest BCUT2D eigenvalue weighted by Crippen LogP contribution is 2.15. The maximum Gasteiger partial charge on any atom is 0.164 e. The molecule has 1 N–H and O–H groups in total. The third-order valence-corrected chi connectivity index (χ3v) is 2.94. The van der Waals surface area contributed by atoms with Crippen molar-refractivity contribution in [2.75, 3.05) is 0 Å². The molecule has 0 atom stereocenters. The number of aromatic nitrogens is 1. The molecule has 1 aromatic heterocycles. The molecule has 0 unspecified atom stereocenters. The summed E-state index contributed by atoms with van der Waals surface area (Å²) in [5.74, 6) is 0.301. The topological polar surface area (TPSA) is 32.9 Å². The summed E-state index contributed by atoms with van der Waals surface area (Å²) >= 11 is 0. The van der Waals surface area contributed by atoms with E-state index in [1.807, 2.05) is 12.4 Å². The number of aryl methyl sites for hydroxylation is 1. The Morgan fingerprint density at radius 3 is 2.56 bits per heavy atom. The number of hydrogen-bond acceptors (Lipinski definition) is 1. The van der Waals surface area contributed by atoms with Gasteiger partial charge in [-0.15, -0.1) is 0 Å². The van der Waals surface area contributed by atoms with Gasteiger partial charge < -0.3 is 4.98 Å². The molecule has 2 heteroatoms. The molecular weight excluding hydrogens is 198 g/mol. The summed E-state index contributed by atoms with van der Waals surface area (Å²) in [6, 6.07) is 0. The van der Waals surface area contributed by atoms with Crippen LogP contribution in [-0.4, -0.2) is 10.8 Å². The van der Waals surface area contributed by atoms with E-state index >= 15 is 0 Å². The van der Waals surface area contributed by atoms with Crippen LogP contribution in [0.5, 0.6) is 0 Å². The van der Waals surface area contributed by atoms with Gasteiger partial charge in [0.05, 0.1) is 0 Å². The number of H-pyrrole nitrogens is 1. The predicted molar refractivity (Wildman–Crippen MR) is 67.9 cm³/mol. The van der Waals surface area contributed by atoms with Gasteiger partial charge in [-0.1, -0.05) is 33.1 Å². The zero-order valence-electron chi connectivity index (χ0n) is 10.5. The van der Waals surface area contributed by atoms with Crippen LogP contribution in [0.4, 0.5) is 0 Å². The van der Waals surface area contributed by atoms with E-state index in [-0.39, 0.29) is 0 Å². The van der Waals surface area contributed by atoms with Gasteiger partial charge in [-0.2, -0.15) is 0 Å². The first-order valence-corrected chi connectivity index (χ1v) is 6.48. The Labute approximate surface area is 98.5 Å². The molecule has 0 spiro atoms.